The maximum Gasteiger partial charge on any atom is 0.326 e. The Hall–Kier alpha value is -6.01. The molecule has 59 heavy (non-hydrogen) atoms. The third kappa shape index (κ3) is 19.3. The molecule has 7 amide bonds. The van der Waals surface area contributed by atoms with Gasteiger partial charge in [0.05, 0.1) is 18.6 Å². The Kier molecular flexibility index (Phi) is 21.9. The molecule has 0 aliphatic heterocycles. The Morgan fingerprint density at radius 3 is 1.54 bits per heavy atom. The van der Waals surface area contributed by atoms with Crippen molar-refractivity contribution in [3.8, 4) is 5.75 Å². The Bertz CT molecular complexity index is 1680. The van der Waals surface area contributed by atoms with E-state index >= 15 is 0 Å². The van der Waals surface area contributed by atoms with Gasteiger partial charge in [-0.25, -0.2) is 4.79 Å². The third-order valence-electron chi connectivity index (χ3n) is 8.31. The first-order valence-corrected chi connectivity index (χ1v) is 19.4. The van der Waals surface area contributed by atoms with Crippen molar-refractivity contribution >= 4 is 71.0 Å². The number of aliphatic hydroxyl groups is 1. The number of hydrogen-bond acceptors (Lipinski definition) is 14. The second-order valence-corrected chi connectivity index (χ2v) is 14.3. The van der Waals surface area contributed by atoms with Gasteiger partial charge in [-0.05, 0) is 62.8 Å². The van der Waals surface area contributed by atoms with Crippen molar-refractivity contribution in [1.29, 1.82) is 0 Å². The number of hydrogen-bond donors (Lipinski definition) is 13. The van der Waals surface area contributed by atoms with Crippen LogP contribution in [0.25, 0.3) is 0 Å². The van der Waals surface area contributed by atoms with Crippen molar-refractivity contribution in [1.82, 2.24) is 31.9 Å². The maximum absolute atomic E-state index is 13.7. The fourth-order valence-corrected chi connectivity index (χ4v) is 5.57. The topological polar surface area (TPSA) is 396 Å². The molecule has 1 aromatic rings. The Balaban J connectivity index is 3.40. The summed E-state index contributed by atoms with van der Waals surface area (Å²) in [6, 6.07) is -5.63. The van der Waals surface area contributed by atoms with E-state index in [2.05, 4.69) is 31.9 Å². The van der Waals surface area contributed by atoms with E-state index in [1.165, 1.54) is 43.0 Å². The van der Waals surface area contributed by atoms with Crippen LogP contribution in [0.2, 0.25) is 0 Å². The molecule has 328 valence electrons. The van der Waals surface area contributed by atoms with Crippen molar-refractivity contribution in [2.45, 2.75) is 107 Å². The summed E-state index contributed by atoms with van der Waals surface area (Å²) in [5, 5.41) is 61.8. The molecule has 0 spiro atoms. The summed E-state index contributed by atoms with van der Waals surface area (Å²) >= 11 is 1.25. The van der Waals surface area contributed by atoms with Crippen molar-refractivity contribution in [2.75, 3.05) is 12.0 Å². The predicted octanol–water partition coefficient (Wildman–Crippen LogP) is -3.99. The Labute approximate surface area is 342 Å². The number of aliphatic hydroxyl groups excluding tert-OH is 1. The molecule has 0 saturated heterocycles. The van der Waals surface area contributed by atoms with Gasteiger partial charge >= 0.3 is 17.9 Å². The first kappa shape index (κ1) is 51.0. The van der Waals surface area contributed by atoms with Gasteiger partial charge in [0, 0.05) is 19.3 Å². The van der Waals surface area contributed by atoms with Gasteiger partial charge in [0.2, 0.25) is 41.4 Å². The van der Waals surface area contributed by atoms with E-state index in [0.29, 0.717) is 5.56 Å². The summed E-state index contributed by atoms with van der Waals surface area (Å²) in [5.41, 5.74) is 11.1. The molecule has 0 fully saturated rings. The zero-order chi connectivity index (χ0) is 45.0. The molecule has 0 aliphatic rings. The number of nitrogens with two attached hydrogens (primary N) is 2. The summed E-state index contributed by atoms with van der Waals surface area (Å²) in [4.78, 5) is 126. The number of carbonyl (C=O) groups excluding carboxylic acids is 7. The van der Waals surface area contributed by atoms with Crippen LogP contribution in [0.1, 0.15) is 57.9 Å². The van der Waals surface area contributed by atoms with Crippen LogP contribution in [0, 0.1) is 0 Å². The smallest absolute Gasteiger partial charge is 0.326 e. The molecule has 0 aromatic heterocycles. The average molecular weight is 857 g/mol. The number of nitrogens with one attached hydrogen (secondary N) is 6. The van der Waals surface area contributed by atoms with Gasteiger partial charge in [0.1, 0.15) is 42.0 Å². The number of amides is 7. The lowest BCUT2D eigenvalue weighted by Crippen LogP contribution is -2.62. The van der Waals surface area contributed by atoms with E-state index in [1.807, 2.05) is 0 Å². The van der Waals surface area contributed by atoms with E-state index < -0.39 is 140 Å². The van der Waals surface area contributed by atoms with Gasteiger partial charge in [0.25, 0.3) is 0 Å². The van der Waals surface area contributed by atoms with Crippen molar-refractivity contribution < 1.29 is 73.5 Å². The highest BCUT2D eigenvalue weighted by Crippen LogP contribution is 2.13. The number of thioether (sulfide) groups is 1. The summed E-state index contributed by atoms with van der Waals surface area (Å²) in [6.45, 7) is 2.41. The van der Waals surface area contributed by atoms with Crippen LogP contribution >= 0.6 is 11.8 Å². The van der Waals surface area contributed by atoms with Gasteiger partial charge in [-0.15, -0.1) is 0 Å². The quantitative estimate of drug-likeness (QED) is 0.0401. The van der Waals surface area contributed by atoms with Gasteiger partial charge < -0.3 is 68.9 Å². The minimum atomic E-state index is -1.82. The lowest BCUT2D eigenvalue weighted by Gasteiger charge is -2.28. The summed E-state index contributed by atoms with van der Waals surface area (Å²) < 4.78 is 0. The SMILES string of the molecule is CSCCC(NC(=O)C(CCC(=O)O)NC(=O)C(CC(N)=O)NC(=O)C(C)N)C(=O)NC(C(=O)NC(Cc1ccc(O)cc1)C(=O)NC(CCC(=O)O)C(=O)O)C(C)O. The average Bonchev–Trinajstić information content (AvgIpc) is 3.14. The number of carboxylic acid groups (broad SMARTS) is 3. The Morgan fingerprint density at radius 1 is 0.627 bits per heavy atom. The van der Waals surface area contributed by atoms with E-state index in [-0.39, 0.29) is 24.3 Å². The molecule has 24 heteroatoms. The fraction of sp³-hybridized carbons (Fsp3) is 0.543. The Morgan fingerprint density at radius 2 is 1.07 bits per heavy atom. The largest absolute Gasteiger partial charge is 0.508 e. The maximum atomic E-state index is 13.7. The molecular weight excluding hydrogens is 804 g/mol. The van der Waals surface area contributed by atoms with Gasteiger partial charge in [-0.1, -0.05) is 12.1 Å². The molecule has 0 bridgehead atoms. The monoisotopic (exact) mass is 856 g/mol. The van der Waals surface area contributed by atoms with Gasteiger partial charge in [0.15, 0.2) is 0 Å². The van der Waals surface area contributed by atoms with Gasteiger partial charge in [-0.3, -0.25) is 43.2 Å². The molecule has 1 rings (SSSR count). The molecule has 8 atom stereocenters. The molecule has 0 aliphatic carbocycles. The molecule has 23 nitrogen and oxygen atoms in total. The number of phenols is 1. The molecule has 15 N–H and O–H groups in total. The lowest BCUT2D eigenvalue weighted by molar-refractivity contribution is -0.143. The molecule has 1 aromatic carbocycles. The number of rotatable bonds is 27. The van der Waals surface area contributed by atoms with Crippen LogP contribution in [0.3, 0.4) is 0 Å². The van der Waals surface area contributed by atoms with E-state index in [4.69, 9.17) is 16.6 Å². The lowest BCUT2D eigenvalue weighted by atomic mass is 10.0. The van der Waals surface area contributed by atoms with Crippen LogP contribution in [0.4, 0.5) is 0 Å². The molecular formula is C35H52N8O15S. The number of benzene rings is 1. The zero-order valence-corrected chi connectivity index (χ0v) is 33.3. The van der Waals surface area contributed by atoms with Crippen LogP contribution in [-0.2, 0) is 54.4 Å². The number of primary amides is 1. The minimum absolute atomic E-state index is 0.111. The number of carbonyl (C=O) groups is 10. The second-order valence-electron chi connectivity index (χ2n) is 13.3. The number of carboxylic acids is 3. The molecule has 8 unspecified atom stereocenters. The van der Waals surface area contributed by atoms with E-state index in [1.54, 1.807) is 6.26 Å². The minimum Gasteiger partial charge on any atom is -0.508 e. The fourth-order valence-electron chi connectivity index (χ4n) is 5.09. The highest BCUT2D eigenvalue weighted by atomic mass is 32.2. The van der Waals surface area contributed by atoms with Crippen molar-refractivity contribution in [2.24, 2.45) is 11.5 Å². The summed E-state index contributed by atoms with van der Waals surface area (Å²) in [7, 11) is 0. The molecule has 0 heterocycles. The van der Waals surface area contributed by atoms with Crippen LogP contribution in [0.5, 0.6) is 5.75 Å². The van der Waals surface area contributed by atoms with Crippen molar-refractivity contribution in [3.05, 3.63) is 29.8 Å². The number of aromatic hydroxyl groups is 1. The summed E-state index contributed by atoms with van der Waals surface area (Å²) in [6.07, 6.45) is -3.46. The third-order valence-corrected chi connectivity index (χ3v) is 8.95. The number of phenolic OH excluding ortho intramolecular Hbond substituents is 1. The predicted molar refractivity (Wildman–Crippen MR) is 207 cm³/mol. The first-order valence-electron chi connectivity index (χ1n) is 18.0. The van der Waals surface area contributed by atoms with E-state index in [9.17, 15) is 68.4 Å². The molecule has 0 radical (unpaired) electrons. The van der Waals surface area contributed by atoms with Gasteiger partial charge in [-0.2, -0.15) is 11.8 Å². The highest BCUT2D eigenvalue weighted by Gasteiger charge is 2.35. The van der Waals surface area contributed by atoms with Crippen LogP contribution in [-0.4, -0.2) is 145 Å². The normalized spacial score (nSPS) is 14.9. The highest BCUT2D eigenvalue weighted by molar-refractivity contribution is 7.98. The van der Waals surface area contributed by atoms with Crippen molar-refractivity contribution in [3.63, 3.8) is 0 Å². The number of aliphatic carboxylic acids is 3. The second kappa shape index (κ2) is 25.4. The first-order chi connectivity index (χ1) is 27.5. The standard InChI is InChI=1S/C35H52N8O15S/c1-16(36)29(51)41-24(15-25(37)46)33(55)38-20(8-10-26(47)48)30(52)39-21(12-13-59-3)31(53)43-28(17(2)44)34(56)42-23(14-18-4-6-19(45)7-5-18)32(54)40-22(35(57)58)9-11-27(49)50/h4-7,16-17,20-24,28,44-45H,8-15,36H2,1-3H3,(H2,37,46)(H,38,55)(H,39,52)(H,40,54)(H,41,51)(H,42,56)(H,43,53)(H,47,48)(H,49,50)(H,57,58). The van der Waals surface area contributed by atoms with E-state index in [0.717, 1.165) is 6.92 Å². The van der Waals surface area contributed by atoms with Crippen LogP contribution in [0.15, 0.2) is 24.3 Å². The summed E-state index contributed by atoms with van der Waals surface area (Å²) in [5.74, 6) is -11.5. The molecule has 0 saturated carbocycles. The van der Waals surface area contributed by atoms with Crippen LogP contribution < -0.4 is 43.4 Å². The zero-order valence-electron chi connectivity index (χ0n) is 32.5.